The summed E-state index contributed by atoms with van der Waals surface area (Å²) in [6.07, 6.45) is 1.04. The van der Waals surface area contributed by atoms with Crippen LogP contribution in [0.1, 0.15) is 13.3 Å². The highest BCUT2D eigenvalue weighted by Gasteiger charge is 2.11. The zero-order valence-electron chi connectivity index (χ0n) is 9.20. The first-order valence-electron chi connectivity index (χ1n) is 5.24. The van der Waals surface area contributed by atoms with E-state index in [9.17, 15) is 0 Å². The lowest BCUT2D eigenvalue weighted by atomic mass is 10.1. The molecule has 0 saturated carbocycles. The molecule has 90 valence electrons. The van der Waals surface area contributed by atoms with Crippen LogP contribution in [0.15, 0.2) is 18.2 Å². The van der Waals surface area contributed by atoms with E-state index in [0.29, 0.717) is 10.0 Å². The third kappa shape index (κ3) is 2.89. The second kappa shape index (κ2) is 5.67. The topological polar surface area (TPSA) is 37.8 Å². The summed E-state index contributed by atoms with van der Waals surface area (Å²) in [5.41, 5.74) is 1.74. The van der Waals surface area contributed by atoms with E-state index in [1.165, 1.54) is 11.7 Å². The highest BCUT2D eigenvalue weighted by Crippen LogP contribution is 2.31. The molecule has 17 heavy (non-hydrogen) atoms. The minimum absolute atomic E-state index is 0.526. The standard InChI is InChI=1S/C11H11Cl2N3S/c1-2-5-14-11-10(15-17-16-11)7-3-4-8(12)9(13)6-7/h3-4,6H,2,5H2,1H3,(H,14,16). The maximum absolute atomic E-state index is 5.99. The van der Waals surface area contributed by atoms with Crippen molar-refractivity contribution in [2.75, 3.05) is 11.9 Å². The lowest BCUT2D eigenvalue weighted by Gasteiger charge is -2.04. The Morgan fingerprint density at radius 1 is 1.24 bits per heavy atom. The van der Waals surface area contributed by atoms with Gasteiger partial charge in [0.05, 0.1) is 21.8 Å². The van der Waals surface area contributed by atoms with E-state index in [0.717, 1.165) is 30.0 Å². The van der Waals surface area contributed by atoms with Crippen LogP contribution in [0.4, 0.5) is 5.82 Å². The molecule has 0 bridgehead atoms. The number of hydrogen-bond acceptors (Lipinski definition) is 4. The van der Waals surface area contributed by atoms with E-state index in [1.54, 1.807) is 12.1 Å². The van der Waals surface area contributed by atoms with Crippen LogP contribution in [-0.2, 0) is 0 Å². The van der Waals surface area contributed by atoms with Crippen molar-refractivity contribution >= 4 is 40.7 Å². The van der Waals surface area contributed by atoms with Crippen molar-refractivity contribution in [3.63, 3.8) is 0 Å². The summed E-state index contributed by atoms with van der Waals surface area (Å²) in [7, 11) is 0. The van der Waals surface area contributed by atoms with Crippen LogP contribution in [0.5, 0.6) is 0 Å². The number of halogens is 2. The Kier molecular flexibility index (Phi) is 4.20. The van der Waals surface area contributed by atoms with Crippen LogP contribution in [0.3, 0.4) is 0 Å². The second-order valence-electron chi connectivity index (χ2n) is 3.52. The smallest absolute Gasteiger partial charge is 0.168 e. The summed E-state index contributed by atoms with van der Waals surface area (Å²) in [5.74, 6) is 0.801. The van der Waals surface area contributed by atoms with Crippen molar-refractivity contribution in [1.29, 1.82) is 0 Å². The first-order valence-corrected chi connectivity index (χ1v) is 6.73. The molecule has 0 fully saturated rings. The highest BCUT2D eigenvalue weighted by atomic mass is 35.5. The molecule has 0 atom stereocenters. The Morgan fingerprint density at radius 2 is 2.06 bits per heavy atom. The molecule has 1 aromatic carbocycles. The molecule has 0 amide bonds. The van der Waals surface area contributed by atoms with Crippen molar-refractivity contribution < 1.29 is 0 Å². The van der Waals surface area contributed by atoms with Crippen molar-refractivity contribution in [3.8, 4) is 11.3 Å². The van der Waals surface area contributed by atoms with Gasteiger partial charge in [0.15, 0.2) is 5.82 Å². The Labute approximate surface area is 114 Å². The lowest BCUT2D eigenvalue weighted by Crippen LogP contribution is -2.01. The third-order valence-electron chi connectivity index (χ3n) is 2.22. The molecule has 6 heteroatoms. The molecule has 0 spiro atoms. The summed E-state index contributed by atoms with van der Waals surface area (Å²) in [6.45, 7) is 2.98. The number of nitrogens with zero attached hydrogens (tertiary/aromatic N) is 2. The van der Waals surface area contributed by atoms with E-state index in [1.807, 2.05) is 6.07 Å². The van der Waals surface area contributed by atoms with Crippen LogP contribution in [0.25, 0.3) is 11.3 Å². The monoisotopic (exact) mass is 287 g/mol. The quantitative estimate of drug-likeness (QED) is 0.909. The van der Waals surface area contributed by atoms with Gasteiger partial charge in [-0.1, -0.05) is 36.2 Å². The van der Waals surface area contributed by atoms with Crippen LogP contribution in [-0.4, -0.2) is 15.3 Å². The number of rotatable bonds is 4. The minimum atomic E-state index is 0.526. The molecule has 0 aliphatic carbocycles. The van der Waals surface area contributed by atoms with Crippen LogP contribution < -0.4 is 5.32 Å². The van der Waals surface area contributed by atoms with Gasteiger partial charge in [0, 0.05) is 12.1 Å². The van der Waals surface area contributed by atoms with Crippen molar-refractivity contribution in [1.82, 2.24) is 8.75 Å². The van der Waals surface area contributed by atoms with E-state index in [4.69, 9.17) is 23.2 Å². The van der Waals surface area contributed by atoms with Gasteiger partial charge in [0.2, 0.25) is 0 Å². The van der Waals surface area contributed by atoms with E-state index < -0.39 is 0 Å². The molecule has 0 aliphatic heterocycles. The van der Waals surface area contributed by atoms with Gasteiger partial charge >= 0.3 is 0 Å². The summed E-state index contributed by atoms with van der Waals surface area (Å²) in [5, 5.41) is 4.31. The second-order valence-corrected chi connectivity index (χ2v) is 4.86. The first kappa shape index (κ1) is 12.6. The summed E-state index contributed by atoms with van der Waals surface area (Å²) in [4.78, 5) is 0. The third-order valence-corrected chi connectivity index (χ3v) is 3.49. The molecule has 0 unspecified atom stereocenters. The fraction of sp³-hybridized carbons (Fsp3) is 0.273. The van der Waals surface area contributed by atoms with E-state index in [-0.39, 0.29) is 0 Å². The maximum Gasteiger partial charge on any atom is 0.168 e. The van der Waals surface area contributed by atoms with E-state index in [2.05, 4.69) is 21.0 Å². The number of aromatic nitrogens is 2. The van der Waals surface area contributed by atoms with Gasteiger partial charge in [-0.05, 0) is 18.6 Å². The van der Waals surface area contributed by atoms with Gasteiger partial charge in [0.1, 0.15) is 5.69 Å². The molecule has 3 nitrogen and oxygen atoms in total. The van der Waals surface area contributed by atoms with Crippen molar-refractivity contribution in [3.05, 3.63) is 28.2 Å². The summed E-state index contributed by atoms with van der Waals surface area (Å²) in [6, 6.07) is 5.46. The van der Waals surface area contributed by atoms with Gasteiger partial charge in [-0.15, -0.1) is 0 Å². The number of nitrogens with one attached hydrogen (secondary N) is 1. The Bertz CT molecular complexity index is 513. The molecule has 0 saturated heterocycles. The van der Waals surface area contributed by atoms with Gasteiger partial charge in [-0.2, -0.15) is 8.75 Å². The maximum atomic E-state index is 5.99. The van der Waals surface area contributed by atoms with Gasteiger partial charge in [-0.3, -0.25) is 0 Å². The average molecular weight is 288 g/mol. The largest absolute Gasteiger partial charge is 0.367 e. The fourth-order valence-corrected chi connectivity index (χ4v) is 2.23. The lowest BCUT2D eigenvalue weighted by molar-refractivity contribution is 0.974. The van der Waals surface area contributed by atoms with Gasteiger partial charge in [-0.25, -0.2) is 0 Å². The van der Waals surface area contributed by atoms with Crippen LogP contribution in [0, 0.1) is 0 Å². The zero-order valence-corrected chi connectivity index (χ0v) is 11.5. The van der Waals surface area contributed by atoms with Gasteiger partial charge in [0.25, 0.3) is 0 Å². The molecule has 2 rings (SSSR count). The average Bonchev–Trinajstić information content (AvgIpc) is 2.78. The number of anilines is 1. The van der Waals surface area contributed by atoms with E-state index >= 15 is 0 Å². The fourth-order valence-electron chi connectivity index (χ4n) is 1.38. The molecular formula is C11H11Cl2N3S. The minimum Gasteiger partial charge on any atom is -0.367 e. The molecular weight excluding hydrogens is 277 g/mol. The normalized spacial score (nSPS) is 10.5. The summed E-state index contributed by atoms with van der Waals surface area (Å²) < 4.78 is 8.50. The number of benzene rings is 1. The molecule has 1 heterocycles. The Morgan fingerprint density at radius 3 is 2.76 bits per heavy atom. The van der Waals surface area contributed by atoms with Crippen molar-refractivity contribution in [2.45, 2.75) is 13.3 Å². The molecule has 1 N–H and O–H groups in total. The highest BCUT2D eigenvalue weighted by molar-refractivity contribution is 6.99. The molecule has 2 aromatic rings. The summed E-state index contributed by atoms with van der Waals surface area (Å²) >= 11 is 13.1. The predicted molar refractivity (Wildman–Crippen MR) is 74.1 cm³/mol. The molecule has 1 aromatic heterocycles. The zero-order chi connectivity index (χ0) is 12.3. The molecule has 0 aliphatic rings. The first-order chi connectivity index (χ1) is 8.22. The van der Waals surface area contributed by atoms with Crippen LogP contribution >= 0.6 is 34.9 Å². The van der Waals surface area contributed by atoms with Crippen molar-refractivity contribution in [2.24, 2.45) is 0 Å². The van der Waals surface area contributed by atoms with Gasteiger partial charge < -0.3 is 5.32 Å². The molecule has 0 radical (unpaired) electrons. The Hall–Kier alpha value is -0.840. The predicted octanol–water partition coefficient (Wildman–Crippen LogP) is 4.33. The Balaban J connectivity index is 2.32. The SMILES string of the molecule is CCCNc1nsnc1-c1ccc(Cl)c(Cl)c1. The van der Waals surface area contributed by atoms with Crippen LogP contribution in [0.2, 0.25) is 10.0 Å². The number of hydrogen-bond donors (Lipinski definition) is 1.